The van der Waals surface area contributed by atoms with E-state index in [-0.39, 0.29) is 12.6 Å². The Bertz CT molecular complexity index is 834. The maximum absolute atomic E-state index is 10.2. The molecule has 23 heavy (non-hydrogen) atoms. The molecule has 1 fully saturated rings. The third-order valence-electron chi connectivity index (χ3n) is 6.85. The van der Waals surface area contributed by atoms with Crippen LogP contribution in [0.3, 0.4) is 0 Å². The quantitative estimate of drug-likeness (QED) is 0.635. The molecule has 120 valence electrons. The molecular weight excluding hydrogens is 284 g/mol. The molecule has 3 aliphatic rings. The minimum Gasteiger partial charge on any atom is -0.394 e. The van der Waals surface area contributed by atoms with E-state index in [1.807, 2.05) is 0 Å². The fourth-order valence-electron chi connectivity index (χ4n) is 5.73. The van der Waals surface area contributed by atoms with E-state index in [1.54, 1.807) is 11.1 Å². The number of fused-ring (bicyclic) bond motifs is 4. The van der Waals surface area contributed by atoms with Crippen LogP contribution in [-0.4, -0.2) is 40.9 Å². The molecule has 1 aromatic carbocycles. The molecule has 1 N–H and O–H groups in total. The Hall–Kier alpha value is -1.58. The molecule has 2 aromatic rings. The summed E-state index contributed by atoms with van der Waals surface area (Å²) in [7, 11) is 2.44. The molecule has 0 aliphatic carbocycles. The summed E-state index contributed by atoms with van der Waals surface area (Å²) in [4.78, 5) is 0. The Morgan fingerprint density at radius 1 is 1.35 bits per heavy atom. The molecule has 4 heterocycles. The van der Waals surface area contributed by atoms with Gasteiger partial charge in [-0.25, -0.2) is 0 Å². The number of quaternary nitrogens is 1. The highest BCUT2D eigenvalue weighted by atomic mass is 16.3. The highest BCUT2D eigenvalue weighted by Gasteiger charge is 2.53. The van der Waals surface area contributed by atoms with Crippen LogP contribution in [0, 0.1) is 5.92 Å². The van der Waals surface area contributed by atoms with Crippen molar-refractivity contribution in [3.63, 3.8) is 0 Å². The molecule has 4 atom stereocenters. The van der Waals surface area contributed by atoms with E-state index in [0.29, 0.717) is 12.0 Å². The van der Waals surface area contributed by atoms with Crippen molar-refractivity contribution < 1.29 is 9.59 Å². The zero-order valence-electron chi connectivity index (χ0n) is 14.0. The van der Waals surface area contributed by atoms with E-state index in [4.69, 9.17) is 0 Å². The number of hydrogen-bond acceptors (Lipinski definition) is 1. The van der Waals surface area contributed by atoms with Gasteiger partial charge >= 0.3 is 0 Å². The van der Waals surface area contributed by atoms with Gasteiger partial charge in [0.2, 0.25) is 0 Å². The van der Waals surface area contributed by atoms with Crippen LogP contribution in [0.1, 0.15) is 36.7 Å². The van der Waals surface area contributed by atoms with Gasteiger partial charge < -0.3 is 14.2 Å². The van der Waals surface area contributed by atoms with Gasteiger partial charge in [-0.15, -0.1) is 0 Å². The number of rotatable bonds is 1. The van der Waals surface area contributed by atoms with Crippen molar-refractivity contribution in [3.8, 4) is 0 Å². The zero-order chi connectivity index (χ0) is 15.8. The highest BCUT2D eigenvalue weighted by Crippen LogP contribution is 2.55. The van der Waals surface area contributed by atoms with Crippen LogP contribution in [0.25, 0.3) is 10.9 Å². The van der Waals surface area contributed by atoms with E-state index in [2.05, 4.69) is 48.9 Å². The maximum atomic E-state index is 10.2. The minimum absolute atomic E-state index is 0.206. The van der Waals surface area contributed by atoms with Gasteiger partial charge in [-0.3, -0.25) is 0 Å². The molecule has 3 aliphatic heterocycles. The van der Waals surface area contributed by atoms with Crippen molar-refractivity contribution in [1.82, 2.24) is 4.57 Å². The third kappa shape index (κ3) is 1.57. The second-order valence-corrected chi connectivity index (χ2v) is 7.83. The van der Waals surface area contributed by atoms with Crippen LogP contribution in [-0.2, 0) is 6.42 Å². The first-order valence-electron chi connectivity index (χ1n) is 8.90. The first-order valence-corrected chi connectivity index (χ1v) is 8.90. The first kappa shape index (κ1) is 13.8. The fourth-order valence-corrected chi connectivity index (χ4v) is 5.73. The number of para-hydroxylation sites is 1. The standard InChI is InChI=1S/C20H25N2O/c1-3-13-11-22(2)9-8-15-14-6-4-5-7-17(14)21-18(12-23)16(13)10-19(22)20(15)21/h3-7,16,18-19,23H,8-12H2,1-2H3/q+1/b13-3+/t16-,18?,19-,22?/m0/s1. The van der Waals surface area contributed by atoms with Crippen molar-refractivity contribution in [2.75, 3.05) is 26.7 Å². The molecule has 0 saturated carbocycles. The Kier molecular flexibility index (Phi) is 2.70. The van der Waals surface area contributed by atoms with Gasteiger partial charge in [-0.1, -0.05) is 24.3 Å². The Balaban J connectivity index is 1.88. The van der Waals surface area contributed by atoms with Gasteiger partial charge in [0.15, 0.2) is 0 Å². The number of allylic oxidation sites excluding steroid dienone is 1. The van der Waals surface area contributed by atoms with Crippen molar-refractivity contribution >= 4 is 10.9 Å². The minimum atomic E-state index is 0.206. The first-order chi connectivity index (χ1) is 11.2. The topological polar surface area (TPSA) is 25.2 Å². The summed E-state index contributed by atoms with van der Waals surface area (Å²) in [6.45, 7) is 4.81. The van der Waals surface area contributed by atoms with Gasteiger partial charge in [0.05, 0.1) is 31.9 Å². The van der Waals surface area contributed by atoms with E-state index >= 15 is 0 Å². The number of piperidine rings is 1. The Labute approximate surface area is 137 Å². The molecule has 1 aromatic heterocycles. The predicted molar refractivity (Wildman–Crippen MR) is 92.3 cm³/mol. The van der Waals surface area contributed by atoms with Crippen LogP contribution in [0.15, 0.2) is 35.9 Å². The Morgan fingerprint density at radius 2 is 2.17 bits per heavy atom. The Morgan fingerprint density at radius 3 is 2.96 bits per heavy atom. The molecule has 0 radical (unpaired) electrons. The average molecular weight is 309 g/mol. The van der Waals surface area contributed by atoms with Crippen molar-refractivity contribution in [2.45, 2.75) is 31.8 Å². The summed E-state index contributed by atoms with van der Waals surface area (Å²) in [5.74, 6) is 0.496. The summed E-state index contributed by atoms with van der Waals surface area (Å²) < 4.78 is 3.67. The lowest BCUT2D eigenvalue weighted by Crippen LogP contribution is -2.59. The van der Waals surface area contributed by atoms with Crippen LogP contribution in [0.5, 0.6) is 0 Å². The zero-order valence-corrected chi connectivity index (χ0v) is 14.0. The molecular formula is C20H25N2O+. The van der Waals surface area contributed by atoms with E-state index < -0.39 is 0 Å². The number of aliphatic hydroxyl groups excluding tert-OH is 1. The molecule has 2 unspecified atom stereocenters. The lowest BCUT2D eigenvalue weighted by atomic mass is 9.74. The van der Waals surface area contributed by atoms with Crippen molar-refractivity contribution in [3.05, 3.63) is 47.2 Å². The molecule has 3 heteroatoms. The predicted octanol–water partition coefficient (Wildman–Crippen LogP) is 3.20. The second kappa shape index (κ2) is 4.49. The lowest BCUT2D eigenvalue weighted by Gasteiger charge is -2.55. The fraction of sp³-hybridized carbons (Fsp3) is 0.500. The molecule has 1 saturated heterocycles. The molecule has 5 rings (SSSR count). The van der Waals surface area contributed by atoms with E-state index in [1.165, 1.54) is 29.6 Å². The van der Waals surface area contributed by atoms with Gasteiger partial charge in [0.1, 0.15) is 12.6 Å². The van der Waals surface area contributed by atoms with Crippen LogP contribution in [0.2, 0.25) is 0 Å². The average Bonchev–Trinajstić information content (AvgIpc) is 2.91. The third-order valence-corrected chi connectivity index (χ3v) is 6.85. The monoisotopic (exact) mass is 309 g/mol. The smallest absolute Gasteiger partial charge is 0.131 e. The lowest BCUT2D eigenvalue weighted by molar-refractivity contribution is -0.943. The summed E-state index contributed by atoms with van der Waals surface area (Å²) in [5.41, 5.74) is 5.97. The summed E-state index contributed by atoms with van der Waals surface area (Å²) in [5, 5.41) is 11.6. The number of nitrogens with zero attached hydrogens (tertiary/aromatic N) is 2. The van der Waals surface area contributed by atoms with Gasteiger partial charge in [-0.2, -0.15) is 0 Å². The molecule has 0 amide bonds. The van der Waals surface area contributed by atoms with Crippen molar-refractivity contribution in [1.29, 1.82) is 0 Å². The SMILES string of the molecule is C/C=C1\C[N+]2(C)CCc3c4n(c5ccccc35)C(CO)[C@H]1C[C@@H]42. The number of benzene rings is 1. The van der Waals surface area contributed by atoms with Crippen LogP contribution in [0.4, 0.5) is 0 Å². The van der Waals surface area contributed by atoms with Crippen LogP contribution < -0.4 is 0 Å². The molecule has 0 spiro atoms. The maximum Gasteiger partial charge on any atom is 0.131 e. The highest BCUT2D eigenvalue weighted by molar-refractivity contribution is 5.86. The summed E-state index contributed by atoms with van der Waals surface area (Å²) in [6, 6.07) is 9.63. The number of aliphatic hydroxyl groups is 1. The second-order valence-electron chi connectivity index (χ2n) is 7.83. The van der Waals surface area contributed by atoms with E-state index in [0.717, 1.165) is 17.4 Å². The van der Waals surface area contributed by atoms with Gasteiger partial charge in [0.25, 0.3) is 0 Å². The van der Waals surface area contributed by atoms with Crippen molar-refractivity contribution in [2.24, 2.45) is 5.92 Å². The largest absolute Gasteiger partial charge is 0.394 e. The summed E-state index contributed by atoms with van der Waals surface area (Å²) in [6.07, 6.45) is 4.68. The van der Waals surface area contributed by atoms with E-state index in [9.17, 15) is 5.11 Å². The number of likely N-dealkylation sites (N-methyl/N-ethyl adjacent to an activating group) is 1. The van der Waals surface area contributed by atoms with Crippen LogP contribution >= 0.6 is 0 Å². The van der Waals surface area contributed by atoms with Gasteiger partial charge in [-0.05, 0) is 24.1 Å². The number of hydrogen-bond donors (Lipinski definition) is 1. The normalized spacial score (nSPS) is 36.7. The summed E-state index contributed by atoms with van der Waals surface area (Å²) >= 11 is 0. The van der Waals surface area contributed by atoms with Gasteiger partial charge in [0, 0.05) is 29.7 Å². The molecule has 3 nitrogen and oxygen atoms in total. The number of aromatic nitrogens is 1. The molecule has 2 bridgehead atoms.